The first kappa shape index (κ1) is 33.6. The van der Waals surface area contributed by atoms with Crippen molar-refractivity contribution in [1.82, 2.24) is 0 Å². The average molecular weight is 746 g/mol. The second-order valence-corrected chi connectivity index (χ2v) is 20.7. The van der Waals surface area contributed by atoms with Crippen LogP contribution in [0.3, 0.4) is 0 Å². The molecule has 6 aromatic carbocycles. The molecule has 1 aliphatic heterocycles. The lowest BCUT2D eigenvalue weighted by atomic mass is 9.26. The van der Waals surface area contributed by atoms with Crippen molar-refractivity contribution in [2.24, 2.45) is 29.1 Å². The van der Waals surface area contributed by atoms with E-state index in [-0.39, 0.29) is 16.2 Å². The Morgan fingerprint density at radius 1 is 0.536 bits per heavy atom. The minimum absolute atomic E-state index is 0.0424. The van der Waals surface area contributed by atoms with Gasteiger partial charge in [0.25, 0.3) is 0 Å². The van der Waals surface area contributed by atoms with Crippen LogP contribution in [0.2, 0.25) is 0 Å². The van der Waals surface area contributed by atoms with Crippen molar-refractivity contribution in [3.05, 3.63) is 162 Å². The van der Waals surface area contributed by atoms with Crippen LogP contribution in [0.1, 0.15) is 88.5 Å². The van der Waals surface area contributed by atoms with Crippen molar-refractivity contribution in [3.8, 4) is 22.3 Å². The molecule has 4 saturated carbocycles. The molecule has 2 heteroatoms. The van der Waals surface area contributed by atoms with E-state index in [9.17, 15) is 0 Å². The van der Waals surface area contributed by atoms with E-state index in [2.05, 4.69) is 172 Å². The number of anilines is 3. The van der Waals surface area contributed by atoms with Gasteiger partial charge in [0.2, 0.25) is 0 Å². The molecule has 0 radical (unpaired) electrons. The fourth-order valence-electron chi connectivity index (χ4n) is 13.9. The molecule has 0 saturated heterocycles. The summed E-state index contributed by atoms with van der Waals surface area (Å²) in [5.74, 6) is 3.37. The SMILES string of the molecule is CC1(C)CCC(C)(C)c2c(N(c3ccc(-c4ccccc4)cc3)c3cc4c(c(-c5ccccc5)c3)C3(c5ccccc5S4)C4CC5CC6CC3C64C5)cccc21. The zero-order chi connectivity index (χ0) is 37.6. The van der Waals surface area contributed by atoms with Crippen LogP contribution in [0.15, 0.2) is 149 Å². The smallest absolute Gasteiger partial charge is 0.0502 e. The van der Waals surface area contributed by atoms with Gasteiger partial charge in [0.15, 0.2) is 0 Å². The molecule has 0 amide bonds. The first-order chi connectivity index (χ1) is 27.2. The van der Waals surface area contributed by atoms with Crippen molar-refractivity contribution >= 4 is 28.8 Å². The predicted octanol–water partition coefficient (Wildman–Crippen LogP) is 14.7. The lowest BCUT2D eigenvalue weighted by Crippen LogP contribution is -2.74. The number of rotatable bonds is 5. The Bertz CT molecular complexity index is 2550. The number of nitrogens with zero attached hydrogens (tertiary/aromatic N) is 1. The molecule has 0 aromatic heterocycles. The molecule has 12 rings (SSSR count). The standard InChI is InChI=1S/C54H51NS/c1-51(2)26-27-52(3,4)50-43(51)19-13-20-44(50)55(39-24-22-36(23-25-39)35-14-7-5-8-15-35)40-31-41(37-16-9-6-10-17-37)49-46(32-40)56-45-21-12-11-18-42(45)54(49)47-29-34-28-38-30-48(54)53(38,47)33-34/h5-25,31-32,34,38,47-48H,26-30,33H2,1-4H3. The molecule has 4 fully saturated rings. The van der Waals surface area contributed by atoms with Crippen LogP contribution in [0.25, 0.3) is 22.3 Å². The summed E-state index contributed by atoms with van der Waals surface area (Å²) in [6.45, 7) is 9.87. The lowest BCUT2D eigenvalue weighted by molar-refractivity contribution is -0.234. The number of hydrogen-bond donors (Lipinski definition) is 0. The van der Waals surface area contributed by atoms with Crippen LogP contribution in [0.4, 0.5) is 17.1 Å². The summed E-state index contributed by atoms with van der Waals surface area (Å²) in [5, 5.41) is 0. The van der Waals surface area contributed by atoms with Crippen molar-refractivity contribution in [1.29, 1.82) is 0 Å². The molecule has 2 bridgehead atoms. The molecule has 6 unspecified atom stereocenters. The van der Waals surface area contributed by atoms with Crippen LogP contribution in [0, 0.1) is 29.1 Å². The lowest BCUT2D eigenvalue weighted by Gasteiger charge is -2.78. The van der Waals surface area contributed by atoms with Gasteiger partial charge in [-0.3, -0.25) is 0 Å². The van der Waals surface area contributed by atoms with Gasteiger partial charge in [0.1, 0.15) is 0 Å². The van der Waals surface area contributed by atoms with Gasteiger partial charge in [0, 0.05) is 26.6 Å². The summed E-state index contributed by atoms with van der Waals surface area (Å²) in [6, 6.07) is 53.6. The normalized spacial score (nSPS) is 29.0. The predicted molar refractivity (Wildman–Crippen MR) is 233 cm³/mol. The van der Waals surface area contributed by atoms with Crippen LogP contribution in [-0.4, -0.2) is 0 Å². The highest BCUT2D eigenvalue weighted by molar-refractivity contribution is 7.99. The Balaban J connectivity index is 1.13. The summed E-state index contributed by atoms with van der Waals surface area (Å²) in [4.78, 5) is 5.59. The van der Waals surface area contributed by atoms with Gasteiger partial charge in [-0.15, -0.1) is 0 Å². The van der Waals surface area contributed by atoms with Crippen molar-refractivity contribution in [2.75, 3.05) is 4.90 Å². The highest BCUT2D eigenvalue weighted by Gasteiger charge is 2.84. The Hall–Kier alpha value is -4.53. The summed E-state index contributed by atoms with van der Waals surface area (Å²) in [5.41, 5.74) is 16.2. The molecule has 6 atom stereocenters. The van der Waals surface area contributed by atoms with E-state index >= 15 is 0 Å². The van der Waals surface area contributed by atoms with E-state index in [0.29, 0.717) is 5.41 Å². The quantitative estimate of drug-likeness (QED) is 0.173. The van der Waals surface area contributed by atoms with E-state index in [0.717, 1.165) is 23.7 Å². The average Bonchev–Trinajstić information content (AvgIpc) is 3.76. The monoisotopic (exact) mass is 745 g/mol. The third kappa shape index (κ3) is 4.30. The van der Waals surface area contributed by atoms with Gasteiger partial charge >= 0.3 is 0 Å². The number of hydrogen-bond acceptors (Lipinski definition) is 2. The van der Waals surface area contributed by atoms with Crippen LogP contribution in [0.5, 0.6) is 0 Å². The van der Waals surface area contributed by atoms with Gasteiger partial charge in [-0.1, -0.05) is 143 Å². The highest BCUT2D eigenvalue weighted by atomic mass is 32.2. The molecule has 278 valence electrons. The Morgan fingerprint density at radius 2 is 1.20 bits per heavy atom. The van der Waals surface area contributed by atoms with Gasteiger partial charge in [-0.2, -0.15) is 0 Å². The molecular formula is C54H51NS. The molecule has 1 nitrogen and oxygen atoms in total. The Kier molecular flexibility index (Phi) is 6.92. The maximum Gasteiger partial charge on any atom is 0.0502 e. The molecule has 6 aliphatic rings. The van der Waals surface area contributed by atoms with E-state index in [1.54, 1.807) is 11.1 Å². The molecule has 6 aromatic rings. The summed E-state index contributed by atoms with van der Waals surface area (Å²) < 4.78 is 0. The second kappa shape index (κ2) is 11.5. The Labute approximate surface area is 337 Å². The minimum Gasteiger partial charge on any atom is -0.310 e. The number of fused-ring (bicyclic) bond motifs is 8. The van der Waals surface area contributed by atoms with Crippen LogP contribution >= 0.6 is 11.8 Å². The number of benzene rings is 6. The first-order valence-corrected chi connectivity index (χ1v) is 22.1. The van der Waals surface area contributed by atoms with E-state index in [4.69, 9.17) is 0 Å². The van der Waals surface area contributed by atoms with E-state index < -0.39 is 0 Å². The third-order valence-corrected chi connectivity index (χ3v) is 17.3. The van der Waals surface area contributed by atoms with Gasteiger partial charge in [0.05, 0.1) is 5.69 Å². The van der Waals surface area contributed by atoms with Gasteiger partial charge in [-0.05, 0) is 159 Å². The zero-order valence-corrected chi connectivity index (χ0v) is 34.0. The largest absolute Gasteiger partial charge is 0.310 e. The zero-order valence-electron chi connectivity index (χ0n) is 33.2. The second-order valence-electron chi connectivity index (χ2n) is 19.6. The fraction of sp³-hybridized carbons (Fsp3) is 0.333. The maximum absolute atomic E-state index is 2.64. The molecule has 5 aliphatic carbocycles. The van der Waals surface area contributed by atoms with Crippen LogP contribution < -0.4 is 4.90 Å². The van der Waals surface area contributed by atoms with Gasteiger partial charge in [-0.25, -0.2) is 0 Å². The molecule has 1 heterocycles. The highest BCUT2D eigenvalue weighted by Crippen LogP contribution is 2.89. The fourth-order valence-corrected chi connectivity index (χ4v) is 15.2. The van der Waals surface area contributed by atoms with Crippen LogP contribution in [-0.2, 0) is 16.2 Å². The molecule has 2 spiro atoms. The first-order valence-electron chi connectivity index (χ1n) is 21.3. The summed E-state index contributed by atoms with van der Waals surface area (Å²) in [7, 11) is 0. The van der Waals surface area contributed by atoms with Crippen molar-refractivity contribution in [3.63, 3.8) is 0 Å². The molecular weight excluding hydrogens is 695 g/mol. The van der Waals surface area contributed by atoms with Gasteiger partial charge < -0.3 is 4.90 Å². The molecule has 0 N–H and O–H groups in total. The topological polar surface area (TPSA) is 3.24 Å². The summed E-state index contributed by atoms with van der Waals surface area (Å²) in [6.07, 6.45) is 8.15. The minimum atomic E-state index is 0.0424. The summed E-state index contributed by atoms with van der Waals surface area (Å²) >= 11 is 2.04. The third-order valence-electron chi connectivity index (χ3n) is 16.2. The van der Waals surface area contributed by atoms with E-state index in [1.165, 1.54) is 98.8 Å². The van der Waals surface area contributed by atoms with Crippen molar-refractivity contribution < 1.29 is 0 Å². The van der Waals surface area contributed by atoms with Crippen molar-refractivity contribution in [2.45, 2.75) is 92.3 Å². The van der Waals surface area contributed by atoms with E-state index in [1.807, 2.05) is 11.8 Å². The molecule has 56 heavy (non-hydrogen) atoms. The Morgan fingerprint density at radius 3 is 1.96 bits per heavy atom. The maximum atomic E-state index is 2.64.